The first-order chi connectivity index (χ1) is 13.0. The number of hydrogen-bond acceptors (Lipinski definition) is 6. The van der Waals surface area contributed by atoms with E-state index < -0.39 is 10.0 Å². The molecule has 0 saturated carbocycles. The zero-order valence-electron chi connectivity index (χ0n) is 15.0. The Morgan fingerprint density at radius 1 is 1.19 bits per heavy atom. The minimum atomic E-state index is -3.50. The van der Waals surface area contributed by atoms with Crippen molar-refractivity contribution >= 4 is 27.3 Å². The second-order valence-electron chi connectivity index (χ2n) is 5.88. The number of thiophene rings is 1. The number of morpholine rings is 1. The number of ether oxygens (including phenoxy) is 2. The summed E-state index contributed by atoms with van der Waals surface area (Å²) in [6.07, 6.45) is 0. The fourth-order valence-electron chi connectivity index (χ4n) is 2.64. The normalized spacial score (nSPS) is 15.4. The summed E-state index contributed by atoms with van der Waals surface area (Å²) in [6.45, 7) is 4.30. The van der Waals surface area contributed by atoms with Gasteiger partial charge in [-0.1, -0.05) is 0 Å². The number of nitrogens with zero attached hydrogens (tertiary/aromatic N) is 1. The van der Waals surface area contributed by atoms with Gasteiger partial charge >= 0.3 is 0 Å². The van der Waals surface area contributed by atoms with Gasteiger partial charge in [0, 0.05) is 23.5 Å². The van der Waals surface area contributed by atoms with Crippen LogP contribution in [0.25, 0.3) is 0 Å². The van der Waals surface area contributed by atoms with Crippen LogP contribution in [0.5, 0.6) is 5.75 Å². The van der Waals surface area contributed by atoms with Gasteiger partial charge in [-0.15, -0.1) is 11.3 Å². The predicted octanol–water partition coefficient (Wildman–Crippen LogP) is 2.10. The number of benzene rings is 1. The first kappa shape index (κ1) is 19.8. The van der Waals surface area contributed by atoms with E-state index in [1.807, 2.05) is 6.92 Å². The summed E-state index contributed by atoms with van der Waals surface area (Å²) in [6, 6.07) is 10.2. The van der Waals surface area contributed by atoms with Crippen molar-refractivity contribution in [1.82, 2.24) is 9.62 Å². The Morgan fingerprint density at radius 3 is 2.56 bits per heavy atom. The molecule has 0 unspecified atom stereocenters. The highest BCUT2D eigenvalue weighted by molar-refractivity contribution is 7.91. The number of nitrogens with one attached hydrogen (secondary N) is 1. The topological polar surface area (TPSA) is 84.9 Å². The quantitative estimate of drug-likeness (QED) is 0.756. The molecular weight excluding hydrogens is 388 g/mol. The number of sulfonamides is 1. The first-order valence-corrected chi connectivity index (χ1v) is 10.9. The van der Waals surface area contributed by atoms with Crippen molar-refractivity contribution in [2.75, 3.05) is 32.9 Å². The van der Waals surface area contributed by atoms with Crippen LogP contribution in [0.2, 0.25) is 0 Å². The van der Waals surface area contributed by atoms with Crippen LogP contribution in [-0.2, 0) is 21.3 Å². The lowest BCUT2D eigenvalue weighted by molar-refractivity contribution is 0.0731. The van der Waals surface area contributed by atoms with Gasteiger partial charge in [0.15, 0.2) is 0 Å². The van der Waals surface area contributed by atoms with Crippen LogP contribution in [-0.4, -0.2) is 51.5 Å². The lowest BCUT2D eigenvalue weighted by Crippen LogP contribution is -2.40. The van der Waals surface area contributed by atoms with Crippen LogP contribution in [0.15, 0.2) is 40.6 Å². The summed E-state index contributed by atoms with van der Waals surface area (Å²) in [7, 11) is -3.50. The molecule has 1 fully saturated rings. The van der Waals surface area contributed by atoms with Gasteiger partial charge in [0.25, 0.3) is 15.9 Å². The minimum absolute atomic E-state index is 0.218. The fourth-order valence-corrected chi connectivity index (χ4v) is 5.50. The van der Waals surface area contributed by atoms with Gasteiger partial charge in [-0.2, -0.15) is 4.31 Å². The molecule has 1 aliphatic heterocycles. The molecule has 1 amide bonds. The van der Waals surface area contributed by atoms with E-state index in [4.69, 9.17) is 9.47 Å². The maximum Gasteiger partial charge on any atom is 0.252 e. The number of hydrogen-bond donors (Lipinski definition) is 1. The van der Waals surface area contributed by atoms with E-state index in [1.165, 1.54) is 15.6 Å². The van der Waals surface area contributed by atoms with E-state index in [0.717, 1.165) is 4.88 Å². The average molecular weight is 411 g/mol. The third kappa shape index (κ3) is 4.86. The Bertz CT molecular complexity index is 871. The Hall–Kier alpha value is -1.94. The smallest absolute Gasteiger partial charge is 0.252 e. The van der Waals surface area contributed by atoms with Gasteiger partial charge < -0.3 is 14.8 Å². The highest BCUT2D eigenvalue weighted by Crippen LogP contribution is 2.25. The molecule has 1 saturated heterocycles. The molecule has 1 aromatic carbocycles. The van der Waals surface area contributed by atoms with Gasteiger partial charge in [0.05, 0.1) is 26.4 Å². The molecule has 27 heavy (non-hydrogen) atoms. The van der Waals surface area contributed by atoms with Gasteiger partial charge in [-0.3, -0.25) is 4.79 Å². The Kier molecular flexibility index (Phi) is 6.48. The average Bonchev–Trinajstić information content (AvgIpc) is 3.17. The van der Waals surface area contributed by atoms with Crippen LogP contribution in [0.1, 0.15) is 22.2 Å². The molecular formula is C18H22N2O5S2. The number of carbonyl (C=O) groups excluding carboxylic acids is 1. The Balaban J connectivity index is 1.59. The number of amides is 1. The molecule has 146 valence electrons. The largest absolute Gasteiger partial charge is 0.494 e. The van der Waals surface area contributed by atoms with Crippen molar-refractivity contribution < 1.29 is 22.7 Å². The molecule has 9 heteroatoms. The standard InChI is InChI=1S/C18H22N2O5S2/c1-2-25-15-5-3-14(4-6-15)18(21)19-13-16-7-8-17(26-16)27(22,23)20-9-11-24-12-10-20/h3-8H,2,9-13H2,1H3,(H,19,21). The third-order valence-corrected chi connectivity index (χ3v) is 7.50. The lowest BCUT2D eigenvalue weighted by Gasteiger charge is -2.25. The molecule has 0 bridgehead atoms. The summed E-state index contributed by atoms with van der Waals surface area (Å²) in [5.74, 6) is 0.495. The molecule has 2 aromatic rings. The predicted molar refractivity (Wildman–Crippen MR) is 103 cm³/mol. The molecule has 1 aliphatic rings. The summed E-state index contributed by atoms with van der Waals surface area (Å²) in [5.41, 5.74) is 0.524. The third-order valence-electron chi connectivity index (χ3n) is 4.05. The van der Waals surface area contributed by atoms with Gasteiger partial charge in [-0.25, -0.2) is 8.42 Å². The van der Waals surface area contributed by atoms with E-state index in [0.29, 0.717) is 44.2 Å². The maximum atomic E-state index is 12.6. The summed E-state index contributed by atoms with van der Waals surface area (Å²) < 4.78 is 37.5. The number of rotatable bonds is 7. The van der Waals surface area contributed by atoms with E-state index in [-0.39, 0.29) is 16.7 Å². The van der Waals surface area contributed by atoms with Gasteiger partial charge in [-0.05, 0) is 43.3 Å². The molecule has 0 atom stereocenters. The summed E-state index contributed by atoms with van der Waals surface area (Å²) in [5, 5.41) is 2.81. The molecule has 0 aliphatic carbocycles. The molecule has 1 aromatic heterocycles. The monoisotopic (exact) mass is 410 g/mol. The van der Waals surface area contributed by atoms with Gasteiger partial charge in [0.2, 0.25) is 0 Å². The SMILES string of the molecule is CCOc1ccc(C(=O)NCc2ccc(S(=O)(=O)N3CCOCC3)s2)cc1. The van der Waals surface area contributed by atoms with Crippen LogP contribution < -0.4 is 10.1 Å². The zero-order chi connectivity index (χ0) is 19.3. The molecule has 0 spiro atoms. The zero-order valence-corrected chi connectivity index (χ0v) is 16.6. The van der Waals surface area contributed by atoms with E-state index in [1.54, 1.807) is 36.4 Å². The van der Waals surface area contributed by atoms with E-state index >= 15 is 0 Å². The van der Waals surface area contributed by atoms with Gasteiger partial charge in [0.1, 0.15) is 9.96 Å². The molecule has 1 N–H and O–H groups in total. The van der Waals surface area contributed by atoms with Crippen LogP contribution in [0, 0.1) is 0 Å². The van der Waals surface area contributed by atoms with Crippen molar-refractivity contribution in [2.24, 2.45) is 0 Å². The molecule has 0 radical (unpaired) electrons. The summed E-state index contributed by atoms with van der Waals surface area (Å²) >= 11 is 1.17. The summed E-state index contributed by atoms with van der Waals surface area (Å²) in [4.78, 5) is 13.0. The van der Waals surface area contributed by atoms with Crippen molar-refractivity contribution in [3.8, 4) is 5.75 Å². The first-order valence-electron chi connectivity index (χ1n) is 8.68. The highest BCUT2D eigenvalue weighted by atomic mass is 32.2. The molecule has 2 heterocycles. The maximum absolute atomic E-state index is 12.6. The van der Waals surface area contributed by atoms with E-state index in [2.05, 4.69) is 5.32 Å². The molecule has 7 nitrogen and oxygen atoms in total. The number of carbonyl (C=O) groups is 1. The minimum Gasteiger partial charge on any atom is -0.494 e. The highest BCUT2D eigenvalue weighted by Gasteiger charge is 2.27. The second-order valence-corrected chi connectivity index (χ2v) is 9.21. The van der Waals surface area contributed by atoms with E-state index in [9.17, 15) is 13.2 Å². The van der Waals surface area contributed by atoms with Crippen molar-refractivity contribution in [1.29, 1.82) is 0 Å². The lowest BCUT2D eigenvalue weighted by atomic mass is 10.2. The van der Waals surface area contributed by atoms with Crippen LogP contribution >= 0.6 is 11.3 Å². The Labute approximate surface area is 163 Å². The Morgan fingerprint density at radius 2 is 1.89 bits per heavy atom. The second kappa shape index (κ2) is 8.83. The van der Waals surface area contributed by atoms with Crippen LogP contribution in [0.4, 0.5) is 0 Å². The fraction of sp³-hybridized carbons (Fsp3) is 0.389. The van der Waals surface area contributed by atoms with Crippen LogP contribution in [0.3, 0.4) is 0 Å². The van der Waals surface area contributed by atoms with Crippen molar-refractivity contribution in [3.63, 3.8) is 0 Å². The van der Waals surface area contributed by atoms with Crippen molar-refractivity contribution in [2.45, 2.75) is 17.7 Å². The molecule has 3 rings (SSSR count). The van der Waals surface area contributed by atoms with Crippen molar-refractivity contribution in [3.05, 3.63) is 46.8 Å².